The van der Waals surface area contributed by atoms with E-state index in [4.69, 9.17) is 4.74 Å². The van der Waals surface area contributed by atoms with Crippen LogP contribution in [0.4, 0.5) is 10.5 Å². The molecule has 0 spiro atoms. The van der Waals surface area contributed by atoms with Crippen molar-refractivity contribution in [1.82, 2.24) is 5.01 Å². The quantitative estimate of drug-likeness (QED) is 0.789. The monoisotopic (exact) mass is 300 g/mol. The molecule has 0 radical (unpaired) electrons. The number of amides is 1. The lowest BCUT2D eigenvalue weighted by Gasteiger charge is -2.39. The molecule has 118 valence electrons. The van der Waals surface area contributed by atoms with Gasteiger partial charge in [0.05, 0.1) is 11.2 Å². The molecule has 1 aromatic carbocycles. The van der Waals surface area contributed by atoms with Gasteiger partial charge in [0.15, 0.2) is 0 Å². The number of benzene rings is 1. The molecule has 0 unspecified atom stereocenters. The summed E-state index contributed by atoms with van der Waals surface area (Å²) in [5, 5.41) is 4.07. The van der Waals surface area contributed by atoms with Crippen molar-refractivity contribution in [1.29, 1.82) is 0 Å². The molecule has 3 aliphatic rings. The number of carbonyl (C=O) groups excluding carboxylic acids is 1. The van der Waals surface area contributed by atoms with Gasteiger partial charge in [-0.25, -0.2) is 9.80 Å². The van der Waals surface area contributed by atoms with E-state index >= 15 is 0 Å². The van der Waals surface area contributed by atoms with Gasteiger partial charge in [-0.05, 0) is 59.6 Å². The number of anilines is 1. The lowest BCUT2D eigenvalue weighted by molar-refractivity contribution is 0.0271. The Morgan fingerprint density at radius 3 is 2.36 bits per heavy atom. The number of hydrazine groups is 1. The van der Waals surface area contributed by atoms with E-state index in [1.165, 1.54) is 5.56 Å². The number of rotatable bonds is 1. The van der Waals surface area contributed by atoms with E-state index in [2.05, 4.69) is 63.9 Å². The Hall–Kier alpha value is -1.71. The molecular weight excluding hydrogens is 276 g/mol. The lowest BCUT2D eigenvalue weighted by atomic mass is 9.74. The molecule has 4 nitrogen and oxygen atoms in total. The molecule has 1 saturated carbocycles. The minimum absolute atomic E-state index is 0.110. The van der Waals surface area contributed by atoms with Gasteiger partial charge in [0, 0.05) is 5.92 Å². The van der Waals surface area contributed by atoms with Crippen molar-refractivity contribution in [3.8, 4) is 0 Å². The largest absolute Gasteiger partial charge is 0.439 e. The summed E-state index contributed by atoms with van der Waals surface area (Å²) in [6.45, 7) is 10.9. The molecule has 3 fully saturated rings. The molecule has 2 aliphatic heterocycles. The molecule has 0 N–H and O–H groups in total. The molecule has 4 heteroatoms. The maximum Gasteiger partial charge on any atom is 0.430 e. The molecule has 2 heterocycles. The van der Waals surface area contributed by atoms with E-state index in [0.717, 1.165) is 18.5 Å². The van der Waals surface area contributed by atoms with Crippen LogP contribution in [0.25, 0.3) is 0 Å². The normalized spacial score (nSPS) is 38.4. The maximum atomic E-state index is 12.7. The van der Waals surface area contributed by atoms with E-state index in [-0.39, 0.29) is 22.8 Å². The van der Waals surface area contributed by atoms with Crippen LogP contribution in [0.5, 0.6) is 0 Å². The third-order valence-electron chi connectivity index (χ3n) is 6.46. The highest BCUT2D eigenvalue weighted by Gasteiger charge is 2.76. The zero-order valence-electron chi connectivity index (χ0n) is 14.0. The van der Waals surface area contributed by atoms with Crippen molar-refractivity contribution in [2.45, 2.75) is 64.1 Å². The molecule has 1 aromatic rings. The molecular formula is C18H24N2O2. The molecule has 0 aromatic heterocycles. The zero-order valence-corrected chi connectivity index (χ0v) is 14.0. The van der Waals surface area contributed by atoms with Crippen LogP contribution >= 0.6 is 0 Å². The minimum Gasteiger partial charge on any atom is -0.439 e. The zero-order chi connectivity index (χ0) is 15.9. The number of aryl methyl sites for hydroxylation is 1. The van der Waals surface area contributed by atoms with Crippen molar-refractivity contribution in [2.75, 3.05) is 5.01 Å². The molecule has 3 atom stereocenters. The van der Waals surface area contributed by atoms with Gasteiger partial charge in [-0.2, -0.15) is 0 Å². The molecule has 1 amide bonds. The smallest absolute Gasteiger partial charge is 0.430 e. The number of hydrogen-bond donors (Lipinski definition) is 0. The molecule has 2 saturated heterocycles. The average molecular weight is 300 g/mol. The van der Waals surface area contributed by atoms with Gasteiger partial charge in [-0.3, -0.25) is 5.01 Å². The van der Waals surface area contributed by atoms with Gasteiger partial charge in [0.25, 0.3) is 0 Å². The second-order valence-corrected chi connectivity index (χ2v) is 7.95. The Labute approximate surface area is 132 Å². The highest BCUT2D eigenvalue weighted by molar-refractivity contribution is 5.78. The van der Waals surface area contributed by atoms with Gasteiger partial charge in [-0.1, -0.05) is 17.7 Å². The predicted octanol–water partition coefficient (Wildman–Crippen LogP) is 3.89. The number of carbonyl (C=O) groups is 1. The van der Waals surface area contributed by atoms with Crippen LogP contribution in [0, 0.1) is 12.8 Å². The van der Waals surface area contributed by atoms with Crippen molar-refractivity contribution in [3.63, 3.8) is 0 Å². The Morgan fingerprint density at radius 1 is 1.09 bits per heavy atom. The Bertz CT molecular complexity index is 654. The standard InChI is InChI=1S/C18H24N2O2/c1-12-6-8-13(9-7-12)19-16(2,3)14-10-11-17(4)18(14,5)20(19)15(21)22-17/h6-9,14H,10-11H2,1-5H3/t14-,17-,18+/m1/s1. The first kappa shape index (κ1) is 13.9. The lowest BCUT2D eigenvalue weighted by Crippen LogP contribution is -2.54. The van der Waals surface area contributed by atoms with Gasteiger partial charge >= 0.3 is 6.09 Å². The van der Waals surface area contributed by atoms with Crippen LogP contribution < -0.4 is 5.01 Å². The van der Waals surface area contributed by atoms with Gasteiger partial charge in [0.2, 0.25) is 0 Å². The topological polar surface area (TPSA) is 32.8 Å². The summed E-state index contributed by atoms with van der Waals surface area (Å²) in [4.78, 5) is 12.7. The average Bonchev–Trinajstić information content (AvgIpc) is 2.87. The first-order valence-corrected chi connectivity index (χ1v) is 8.12. The molecule has 0 bridgehead atoms. The van der Waals surface area contributed by atoms with Gasteiger partial charge < -0.3 is 4.74 Å². The highest BCUT2D eigenvalue weighted by atomic mass is 16.6. The highest BCUT2D eigenvalue weighted by Crippen LogP contribution is 2.63. The minimum atomic E-state index is -0.383. The molecule has 4 rings (SSSR count). The fraction of sp³-hybridized carbons (Fsp3) is 0.611. The predicted molar refractivity (Wildman–Crippen MR) is 85.6 cm³/mol. The summed E-state index contributed by atoms with van der Waals surface area (Å²) in [7, 11) is 0. The van der Waals surface area contributed by atoms with E-state index in [1.807, 2.05) is 5.01 Å². The van der Waals surface area contributed by atoms with E-state index in [9.17, 15) is 4.79 Å². The van der Waals surface area contributed by atoms with E-state index < -0.39 is 0 Å². The summed E-state index contributed by atoms with van der Waals surface area (Å²) in [5.41, 5.74) is 1.53. The summed E-state index contributed by atoms with van der Waals surface area (Å²) < 4.78 is 5.82. The Morgan fingerprint density at radius 2 is 1.73 bits per heavy atom. The fourth-order valence-corrected chi connectivity index (χ4v) is 5.14. The van der Waals surface area contributed by atoms with Crippen LogP contribution in [0.15, 0.2) is 24.3 Å². The number of ether oxygens (including phenoxy) is 1. The summed E-state index contributed by atoms with van der Waals surface area (Å²) in [5.74, 6) is 0.401. The number of hydrogen-bond acceptors (Lipinski definition) is 3. The van der Waals surface area contributed by atoms with Gasteiger partial charge in [-0.15, -0.1) is 0 Å². The van der Waals surface area contributed by atoms with Gasteiger partial charge in [0.1, 0.15) is 11.1 Å². The van der Waals surface area contributed by atoms with Crippen LogP contribution in [-0.2, 0) is 4.74 Å². The molecule has 1 aliphatic carbocycles. The third kappa shape index (κ3) is 1.32. The number of nitrogens with zero attached hydrogens (tertiary/aromatic N) is 2. The maximum absolute atomic E-state index is 12.7. The van der Waals surface area contributed by atoms with E-state index in [0.29, 0.717) is 5.92 Å². The van der Waals surface area contributed by atoms with Crippen LogP contribution in [0.1, 0.15) is 46.1 Å². The summed E-state index contributed by atoms with van der Waals surface area (Å²) in [6.07, 6.45) is 1.83. The third-order valence-corrected chi connectivity index (χ3v) is 6.46. The molecule has 22 heavy (non-hydrogen) atoms. The van der Waals surface area contributed by atoms with Crippen molar-refractivity contribution >= 4 is 11.8 Å². The first-order valence-electron chi connectivity index (χ1n) is 8.12. The van der Waals surface area contributed by atoms with Crippen LogP contribution in [0.2, 0.25) is 0 Å². The fourth-order valence-electron chi connectivity index (χ4n) is 5.14. The van der Waals surface area contributed by atoms with E-state index in [1.54, 1.807) is 0 Å². The second kappa shape index (κ2) is 3.79. The summed E-state index contributed by atoms with van der Waals surface area (Å²) >= 11 is 0. The Balaban J connectivity index is 1.90. The summed E-state index contributed by atoms with van der Waals surface area (Å²) in [6, 6.07) is 8.40. The Kier molecular flexibility index (Phi) is 2.39. The van der Waals surface area contributed by atoms with Crippen molar-refractivity contribution in [2.24, 2.45) is 5.92 Å². The van der Waals surface area contributed by atoms with Crippen LogP contribution in [0.3, 0.4) is 0 Å². The van der Waals surface area contributed by atoms with Crippen molar-refractivity contribution < 1.29 is 9.53 Å². The SMILES string of the molecule is Cc1ccc(N2N3C(=O)O[C@]4(C)CC[C@H](C2(C)C)[C@]34C)cc1. The van der Waals surface area contributed by atoms with Crippen LogP contribution in [-0.4, -0.2) is 27.8 Å². The van der Waals surface area contributed by atoms with Crippen molar-refractivity contribution in [3.05, 3.63) is 29.8 Å². The second-order valence-electron chi connectivity index (χ2n) is 7.95. The first-order chi connectivity index (χ1) is 10.2.